The summed E-state index contributed by atoms with van der Waals surface area (Å²) in [5.41, 5.74) is -0.204. The van der Waals surface area contributed by atoms with E-state index >= 15 is 0 Å². The first kappa shape index (κ1) is 5.54. The fraction of sp³-hybridized carbons (Fsp3) is 0. The molecule has 0 aliphatic heterocycles. The van der Waals surface area contributed by atoms with Crippen LogP contribution in [-0.2, 0) is 0 Å². The summed E-state index contributed by atoms with van der Waals surface area (Å²) in [5.74, 6) is -1.16. The molecule has 1 rings (SSSR count). The third kappa shape index (κ3) is 1.15. The fourth-order valence-electron chi connectivity index (χ4n) is 0.296. The number of carbonyl (C=O) groups is 1. The molecule has 0 atom stereocenters. The molecule has 1 N–H and O–H groups in total. The normalized spacial score (nSPS) is 8.89. The van der Waals surface area contributed by atoms with Gasteiger partial charge in [-0.05, 0) is 10.4 Å². The minimum Gasteiger partial charge on any atom is -0.476 e. The molecule has 1 heterocycles. The van der Waals surface area contributed by atoms with Crippen LogP contribution in [0.2, 0.25) is 0 Å². The summed E-state index contributed by atoms with van der Waals surface area (Å²) >= 11 is 0. The number of carboxylic acid groups (broad SMARTS) is 1. The van der Waals surface area contributed by atoms with Crippen LogP contribution in [0.25, 0.3) is 0 Å². The van der Waals surface area contributed by atoms with Crippen molar-refractivity contribution in [2.75, 3.05) is 0 Å². The predicted octanol–water partition coefficient (Wildman–Crippen LogP) is -1.04. The summed E-state index contributed by atoms with van der Waals surface area (Å²) in [7, 11) is 0. The van der Waals surface area contributed by atoms with Crippen LogP contribution in [0.1, 0.15) is 10.5 Å². The molecule has 9 heavy (non-hydrogen) atoms. The van der Waals surface area contributed by atoms with Crippen molar-refractivity contribution in [1.82, 2.24) is 20.6 Å². The highest BCUT2D eigenvalue weighted by Crippen LogP contribution is 1.82. The van der Waals surface area contributed by atoms with Crippen molar-refractivity contribution < 1.29 is 9.90 Å². The number of hydrogen-bond acceptors (Lipinski definition) is 5. The molecule has 0 unspecified atom stereocenters. The third-order valence-corrected chi connectivity index (χ3v) is 0.643. The molecule has 0 aromatic carbocycles. The second kappa shape index (κ2) is 2.12. The molecule has 1 aromatic heterocycles. The molecular weight excluding hydrogens is 124 g/mol. The van der Waals surface area contributed by atoms with Gasteiger partial charge in [0.05, 0.1) is 6.20 Å². The van der Waals surface area contributed by atoms with E-state index in [1.807, 2.05) is 0 Å². The first-order chi connectivity index (χ1) is 4.30. The number of aromatic carboxylic acids is 1. The van der Waals surface area contributed by atoms with Gasteiger partial charge in [0, 0.05) is 0 Å². The van der Waals surface area contributed by atoms with Crippen molar-refractivity contribution in [3.63, 3.8) is 0 Å². The van der Waals surface area contributed by atoms with Gasteiger partial charge in [-0.1, -0.05) is 0 Å². The van der Waals surface area contributed by atoms with Gasteiger partial charge in [0.25, 0.3) is 0 Å². The van der Waals surface area contributed by atoms with E-state index in [9.17, 15) is 4.79 Å². The lowest BCUT2D eigenvalue weighted by Crippen LogP contribution is -2.03. The van der Waals surface area contributed by atoms with Crippen LogP contribution in [-0.4, -0.2) is 31.7 Å². The van der Waals surface area contributed by atoms with Gasteiger partial charge in [-0.2, -0.15) is 0 Å². The maximum Gasteiger partial charge on any atom is 0.358 e. The van der Waals surface area contributed by atoms with Gasteiger partial charge < -0.3 is 5.11 Å². The maximum absolute atomic E-state index is 10.0. The van der Waals surface area contributed by atoms with Gasteiger partial charge in [-0.3, -0.25) is 0 Å². The Bertz CT molecular complexity index is 210. The van der Waals surface area contributed by atoms with E-state index < -0.39 is 5.97 Å². The molecule has 0 amide bonds. The van der Waals surface area contributed by atoms with Crippen LogP contribution in [0.15, 0.2) is 6.20 Å². The minimum atomic E-state index is -1.16. The van der Waals surface area contributed by atoms with Crippen molar-refractivity contribution in [3.05, 3.63) is 11.9 Å². The second-order valence-electron chi connectivity index (χ2n) is 1.21. The van der Waals surface area contributed by atoms with Gasteiger partial charge in [-0.25, -0.2) is 4.79 Å². The molecule has 46 valence electrons. The Kier molecular flexibility index (Phi) is 1.31. The topological polar surface area (TPSA) is 88.9 Å². The average Bonchev–Trinajstić information content (AvgIpc) is 1.90. The highest BCUT2D eigenvalue weighted by molar-refractivity contribution is 5.84. The Morgan fingerprint density at radius 2 is 2.33 bits per heavy atom. The van der Waals surface area contributed by atoms with E-state index in [4.69, 9.17) is 5.11 Å². The first-order valence-electron chi connectivity index (χ1n) is 2.05. The molecule has 1 aromatic rings. The number of aromatic nitrogens is 4. The van der Waals surface area contributed by atoms with Crippen LogP contribution in [0.5, 0.6) is 0 Å². The quantitative estimate of drug-likeness (QED) is 0.517. The molecule has 0 radical (unpaired) electrons. The number of nitrogens with zero attached hydrogens (tertiary/aromatic N) is 4. The van der Waals surface area contributed by atoms with E-state index in [0.29, 0.717) is 0 Å². The lowest BCUT2D eigenvalue weighted by Gasteiger charge is -1.83. The molecule has 0 fully saturated rings. The molecule has 0 aliphatic carbocycles. The van der Waals surface area contributed by atoms with E-state index in [1.165, 1.54) is 0 Å². The Labute approximate surface area is 49.5 Å². The third-order valence-electron chi connectivity index (χ3n) is 0.643. The minimum absolute atomic E-state index is 0.204. The van der Waals surface area contributed by atoms with Crippen LogP contribution in [0.4, 0.5) is 0 Å². The lowest BCUT2D eigenvalue weighted by molar-refractivity contribution is 0.0687. The summed E-state index contributed by atoms with van der Waals surface area (Å²) in [6.45, 7) is 0. The molecule has 0 spiro atoms. The molecule has 6 nitrogen and oxygen atoms in total. The molecule has 0 saturated carbocycles. The van der Waals surface area contributed by atoms with Crippen LogP contribution >= 0.6 is 0 Å². The standard InChI is InChI=1S/C3H2N4O2/c8-3(9)2-1-4-6-7-5-2/h1H,(H,8,9). The van der Waals surface area contributed by atoms with Crippen LogP contribution in [0, 0.1) is 0 Å². The van der Waals surface area contributed by atoms with E-state index in [1.54, 1.807) is 0 Å². The largest absolute Gasteiger partial charge is 0.476 e. The zero-order valence-corrected chi connectivity index (χ0v) is 4.22. The van der Waals surface area contributed by atoms with Crippen LogP contribution < -0.4 is 0 Å². The van der Waals surface area contributed by atoms with Crippen molar-refractivity contribution in [1.29, 1.82) is 0 Å². The zero-order chi connectivity index (χ0) is 6.69. The van der Waals surface area contributed by atoms with Gasteiger partial charge in [-0.15, -0.1) is 10.2 Å². The summed E-state index contributed by atoms with van der Waals surface area (Å²) in [6, 6.07) is 0. The Balaban J connectivity index is 2.98. The summed E-state index contributed by atoms with van der Waals surface area (Å²) in [5, 5.41) is 20.6. The highest BCUT2D eigenvalue weighted by Gasteiger charge is 2.02. The SMILES string of the molecule is O=C(O)c1cnnnn1. The second-order valence-corrected chi connectivity index (χ2v) is 1.21. The van der Waals surface area contributed by atoms with Gasteiger partial charge in [0.15, 0.2) is 5.69 Å². The highest BCUT2D eigenvalue weighted by atomic mass is 16.4. The number of rotatable bonds is 1. The number of hydrogen-bond donors (Lipinski definition) is 1. The summed E-state index contributed by atoms with van der Waals surface area (Å²) in [6.07, 6.45) is 1.02. The van der Waals surface area contributed by atoms with Gasteiger partial charge in [0.1, 0.15) is 0 Å². The lowest BCUT2D eigenvalue weighted by atomic mass is 10.5. The van der Waals surface area contributed by atoms with Gasteiger partial charge in [0.2, 0.25) is 0 Å². The molecule has 0 saturated heterocycles. The average molecular weight is 126 g/mol. The van der Waals surface area contributed by atoms with Crippen molar-refractivity contribution in [3.8, 4) is 0 Å². The smallest absolute Gasteiger partial charge is 0.358 e. The van der Waals surface area contributed by atoms with E-state index in [2.05, 4.69) is 20.6 Å². The summed E-state index contributed by atoms with van der Waals surface area (Å²) < 4.78 is 0. The van der Waals surface area contributed by atoms with Crippen molar-refractivity contribution >= 4 is 5.97 Å². The summed E-state index contributed by atoms with van der Waals surface area (Å²) in [4.78, 5) is 10.0. The van der Waals surface area contributed by atoms with Gasteiger partial charge >= 0.3 is 5.97 Å². The molecule has 0 aliphatic rings. The van der Waals surface area contributed by atoms with Crippen LogP contribution in [0.3, 0.4) is 0 Å². The fourth-order valence-corrected chi connectivity index (χ4v) is 0.296. The Morgan fingerprint density at radius 1 is 1.56 bits per heavy atom. The monoisotopic (exact) mass is 126 g/mol. The van der Waals surface area contributed by atoms with E-state index in [-0.39, 0.29) is 5.69 Å². The molecule has 6 heteroatoms. The zero-order valence-electron chi connectivity index (χ0n) is 4.22. The van der Waals surface area contributed by atoms with E-state index in [0.717, 1.165) is 6.20 Å². The Hall–Kier alpha value is -1.59. The maximum atomic E-state index is 10.0. The predicted molar refractivity (Wildman–Crippen MR) is 24.6 cm³/mol. The molecular formula is C3H2N4O2. The van der Waals surface area contributed by atoms with Crippen molar-refractivity contribution in [2.24, 2.45) is 0 Å². The first-order valence-corrected chi connectivity index (χ1v) is 2.05. The molecule has 0 bridgehead atoms. The Morgan fingerprint density at radius 3 is 2.67 bits per heavy atom. The number of carboxylic acids is 1. The van der Waals surface area contributed by atoms with Crippen molar-refractivity contribution in [2.45, 2.75) is 0 Å².